The minimum Gasteiger partial charge on any atom is -0.484 e. The highest BCUT2D eigenvalue weighted by Gasteiger charge is 2.19. The lowest BCUT2D eigenvalue weighted by atomic mass is 10.2. The molecular weight excluding hydrogens is 460 g/mol. The molecule has 3 aromatic carbocycles. The van der Waals surface area contributed by atoms with E-state index < -0.39 is 10.5 Å². The van der Waals surface area contributed by atoms with Crippen molar-refractivity contribution in [3.8, 4) is 17.3 Å². The summed E-state index contributed by atoms with van der Waals surface area (Å²) in [4.78, 5) is 29.2. The van der Waals surface area contributed by atoms with Crippen LogP contribution < -0.4 is 10.3 Å². The van der Waals surface area contributed by atoms with Gasteiger partial charge >= 0.3 is 5.69 Å². The van der Waals surface area contributed by atoms with Crippen LogP contribution in [0.25, 0.3) is 33.5 Å². The number of nitrogens with zero attached hydrogens (tertiary/aromatic N) is 4. The molecule has 2 heterocycles. The SMILES string of the molecule is CC[C@H](C)Oc1ccc(C=Nn2c(-c3cc4ccccc4o3)nc3ccccc3c2=O)cc1[N+](=O)[O-]. The molecular formula is C27H22N4O5. The first-order valence-electron chi connectivity index (χ1n) is 11.4. The molecule has 5 rings (SSSR count). The number of hydrogen-bond acceptors (Lipinski definition) is 7. The molecule has 180 valence electrons. The minimum absolute atomic E-state index is 0.170. The number of aromatic nitrogens is 2. The van der Waals surface area contributed by atoms with Crippen molar-refractivity contribution >= 4 is 33.8 Å². The van der Waals surface area contributed by atoms with Gasteiger partial charge in [0.1, 0.15) is 5.58 Å². The van der Waals surface area contributed by atoms with Crippen molar-refractivity contribution in [2.45, 2.75) is 26.4 Å². The highest BCUT2D eigenvalue weighted by atomic mass is 16.6. The fourth-order valence-corrected chi connectivity index (χ4v) is 3.76. The molecule has 0 bridgehead atoms. The number of rotatable bonds is 7. The van der Waals surface area contributed by atoms with E-state index in [1.165, 1.54) is 18.3 Å². The monoisotopic (exact) mass is 482 g/mol. The molecule has 0 aliphatic rings. The molecule has 5 aromatic rings. The van der Waals surface area contributed by atoms with Gasteiger partial charge < -0.3 is 9.15 Å². The van der Waals surface area contributed by atoms with Gasteiger partial charge in [-0.05, 0) is 49.7 Å². The second-order valence-corrected chi connectivity index (χ2v) is 8.28. The van der Waals surface area contributed by atoms with Crippen molar-refractivity contribution in [1.82, 2.24) is 9.66 Å². The van der Waals surface area contributed by atoms with Crippen molar-refractivity contribution in [2.75, 3.05) is 0 Å². The third kappa shape index (κ3) is 4.34. The topological polar surface area (TPSA) is 113 Å². The number of benzene rings is 3. The van der Waals surface area contributed by atoms with Crippen molar-refractivity contribution in [1.29, 1.82) is 0 Å². The number of nitro benzene ring substituents is 1. The van der Waals surface area contributed by atoms with Crippen LogP contribution >= 0.6 is 0 Å². The zero-order chi connectivity index (χ0) is 25.2. The number of para-hydroxylation sites is 2. The summed E-state index contributed by atoms with van der Waals surface area (Å²) in [5.74, 6) is 0.774. The molecule has 9 heteroatoms. The van der Waals surface area contributed by atoms with Crippen LogP contribution in [0.5, 0.6) is 5.75 Å². The zero-order valence-electron chi connectivity index (χ0n) is 19.6. The van der Waals surface area contributed by atoms with E-state index in [0.29, 0.717) is 34.2 Å². The maximum atomic E-state index is 13.4. The van der Waals surface area contributed by atoms with Gasteiger partial charge in [0, 0.05) is 17.0 Å². The second-order valence-electron chi connectivity index (χ2n) is 8.28. The Balaban J connectivity index is 1.63. The molecule has 0 N–H and O–H groups in total. The largest absolute Gasteiger partial charge is 0.484 e. The number of fused-ring (bicyclic) bond motifs is 2. The zero-order valence-corrected chi connectivity index (χ0v) is 19.6. The number of hydrogen-bond donors (Lipinski definition) is 0. The third-order valence-corrected chi connectivity index (χ3v) is 5.80. The Labute approximate surface area is 205 Å². The number of ether oxygens (including phenoxy) is 1. The fourth-order valence-electron chi connectivity index (χ4n) is 3.76. The van der Waals surface area contributed by atoms with E-state index in [1.807, 2.05) is 38.1 Å². The number of nitro groups is 1. The highest BCUT2D eigenvalue weighted by Crippen LogP contribution is 2.29. The van der Waals surface area contributed by atoms with Gasteiger partial charge in [-0.15, -0.1) is 0 Å². The normalized spacial score (nSPS) is 12.4. The summed E-state index contributed by atoms with van der Waals surface area (Å²) in [7, 11) is 0. The Morgan fingerprint density at radius 2 is 1.92 bits per heavy atom. The molecule has 36 heavy (non-hydrogen) atoms. The number of furan rings is 1. The summed E-state index contributed by atoms with van der Waals surface area (Å²) in [6.45, 7) is 3.78. The van der Waals surface area contributed by atoms with E-state index in [4.69, 9.17) is 9.15 Å². The first kappa shape index (κ1) is 23.0. The van der Waals surface area contributed by atoms with Crippen molar-refractivity contribution in [3.05, 3.63) is 98.8 Å². The fraction of sp³-hybridized carbons (Fsp3) is 0.148. The lowest BCUT2D eigenvalue weighted by Crippen LogP contribution is -2.20. The van der Waals surface area contributed by atoms with Gasteiger partial charge in [-0.3, -0.25) is 14.9 Å². The molecule has 0 radical (unpaired) electrons. The Bertz CT molecular complexity index is 1650. The highest BCUT2D eigenvalue weighted by molar-refractivity contribution is 5.85. The van der Waals surface area contributed by atoms with E-state index >= 15 is 0 Å². The van der Waals surface area contributed by atoms with E-state index in [2.05, 4.69) is 10.1 Å². The van der Waals surface area contributed by atoms with Crippen LogP contribution in [0, 0.1) is 10.1 Å². The van der Waals surface area contributed by atoms with Crippen LogP contribution in [0.4, 0.5) is 5.69 Å². The Morgan fingerprint density at radius 3 is 2.69 bits per heavy atom. The summed E-state index contributed by atoms with van der Waals surface area (Å²) in [5, 5.41) is 17.3. The molecule has 0 amide bonds. The van der Waals surface area contributed by atoms with Gasteiger partial charge in [0.2, 0.25) is 5.82 Å². The van der Waals surface area contributed by atoms with E-state index in [-0.39, 0.29) is 23.4 Å². The van der Waals surface area contributed by atoms with Crippen molar-refractivity contribution in [3.63, 3.8) is 0 Å². The van der Waals surface area contributed by atoms with Crippen LogP contribution in [0.2, 0.25) is 0 Å². The lowest BCUT2D eigenvalue weighted by molar-refractivity contribution is -0.386. The maximum Gasteiger partial charge on any atom is 0.311 e. The van der Waals surface area contributed by atoms with Crippen molar-refractivity contribution < 1.29 is 14.1 Å². The lowest BCUT2D eigenvalue weighted by Gasteiger charge is -2.12. The molecule has 1 atom stereocenters. The van der Waals surface area contributed by atoms with Crippen molar-refractivity contribution in [2.24, 2.45) is 5.10 Å². The van der Waals surface area contributed by atoms with E-state index in [1.54, 1.807) is 36.4 Å². The minimum atomic E-state index is -0.501. The van der Waals surface area contributed by atoms with Crippen LogP contribution in [-0.4, -0.2) is 26.9 Å². The van der Waals surface area contributed by atoms with Crippen LogP contribution in [0.15, 0.2) is 87.1 Å². The molecule has 9 nitrogen and oxygen atoms in total. The summed E-state index contributed by atoms with van der Waals surface area (Å²) in [5.41, 5.74) is 1.01. The average molecular weight is 482 g/mol. The Morgan fingerprint density at radius 1 is 1.14 bits per heavy atom. The first-order valence-corrected chi connectivity index (χ1v) is 11.4. The Kier molecular flexibility index (Phi) is 6.03. The standard InChI is InChI=1S/C27H22N4O5/c1-3-17(2)35-24-13-12-18(14-22(24)31(33)34)16-28-30-26(25-15-19-8-4-7-11-23(19)36-25)29-21-10-6-5-9-20(21)27(30)32/h4-17H,3H2,1-2H3/t17-/m0/s1. The summed E-state index contributed by atoms with van der Waals surface area (Å²) < 4.78 is 12.8. The summed E-state index contributed by atoms with van der Waals surface area (Å²) in [6, 6.07) is 20.8. The molecule has 0 fully saturated rings. The van der Waals surface area contributed by atoms with Gasteiger partial charge in [-0.2, -0.15) is 9.78 Å². The molecule has 0 aliphatic carbocycles. The van der Waals surface area contributed by atoms with Gasteiger partial charge in [0.25, 0.3) is 5.56 Å². The van der Waals surface area contributed by atoms with Gasteiger partial charge in [-0.1, -0.05) is 37.3 Å². The molecule has 0 saturated heterocycles. The van der Waals surface area contributed by atoms with E-state index in [9.17, 15) is 14.9 Å². The predicted octanol–water partition coefficient (Wildman–Crippen LogP) is 5.78. The van der Waals surface area contributed by atoms with Crippen LogP contribution in [-0.2, 0) is 0 Å². The molecule has 0 spiro atoms. The maximum absolute atomic E-state index is 13.4. The second kappa shape index (κ2) is 9.46. The van der Waals surface area contributed by atoms with Crippen LogP contribution in [0.3, 0.4) is 0 Å². The smallest absolute Gasteiger partial charge is 0.311 e. The van der Waals surface area contributed by atoms with Gasteiger partial charge in [0.05, 0.1) is 28.1 Å². The van der Waals surface area contributed by atoms with Crippen LogP contribution in [0.1, 0.15) is 25.8 Å². The predicted molar refractivity (Wildman–Crippen MR) is 138 cm³/mol. The van der Waals surface area contributed by atoms with E-state index in [0.717, 1.165) is 10.1 Å². The molecule has 0 unspecified atom stereocenters. The Hall–Kier alpha value is -4.79. The average Bonchev–Trinajstić information content (AvgIpc) is 3.32. The quantitative estimate of drug-likeness (QED) is 0.165. The summed E-state index contributed by atoms with van der Waals surface area (Å²) >= 11 is 0. The van der Waals surface area contributed by atoms with Gasteiger partial charge in [-0.25, -0.2) is 4.98 Å². The molecule has 0 aliphatic heterocycles. The molecule has 0 saturated carbocycles. The van der Waals surface area contributed by atoms with Gasteiger partial charge in [0.15, 0.2) is 11.5 Å². The third-order valence-electron chi connectivity index (χ3n) is 5.80. The summed E-state index contributed by atoms with van der Waals surface area (Å²) in [6.07, 6.45) is 1.92. The molecule has 2 aromatic heterocycles. The first-order chi connectivity index (χ1) is 17.4.